The summed E-state index contributed by atoms with van der Waals surface area (Å²) in [5.74, 6) is -1.32. The van der Waals surface area contributed by atoms with Crippen LogP contribution in [0.3, 0.4) is 0 Å². The number of carboxylic acid groups (broad SMARTS) is 1. The third kappa shape index (κ3) is 4.43. The van der Waals surface area contributed by atoms with Crippen molar-refractivity contribution in [3.63, 3.8) is 0 Å². The lowest BCUT2D eigenvalue weighted by Gasteiger charge is -2.20. The molecule has 0 aliphatic rings. The van der Waals surface area contributed by atoms with E-state index in [1.807, 2.05) is 36.4 Å². The third-order valence-electron chi connectivity index (χ3n) is 5.00. The van der Waals surface area contributed by atoms with Crippen molar-refractivity contribution in [2.75, 3.05) is 5.32 Å². The van der Waals surface area contributed by atoms with E-state index in [4.69, 9.17) is 23.2 Å². The maximum Gasteiger partial charge on any atom is 0.354 e. The van der Waals surface area contributed by atoms with Gasteiger partial charge in [0.25, 0.3) is 0 Å². The zero-order valence-corrected chi connectivity index (χ0v) is 17.7. The van der Waals surface area contributed by atoms with Crippen LogP contribution in [0.15, 0.2) is 72.8 Å². The number of aromatic amines is 1. The molecule has 156 valence electrons. The smallest absolute Gasteiger partial charge is 0.354 e. The van der Waals surface area contributed by atoms with Gasteiger partial charge in [0.15, 0.2) is 5.78 Å². The van der Waals surface area contributed by atoms with Crippen LogP contribution in [0.4, 0.5) is 5.69 Å². The average molecular weight is 453 g/mol. The van der Waals surface area contributed by atoms with Crippen molar-refractivity contribution >= 4 is 51.5 Å². The average Bonchev–Trinajstić information content (AvgIpc) is 3.13. The second kappa shape index (κ2) is 8.84. The van der Waals surface area contributed by atoms with Crippen LogP contribution in [-0.2, 0) is 6.42 Å². The van der Waals surface area contributed by atoms with Crippen molar-refractivity contribution in [2.45, 2.75) is 12.5 Å². The minimum Gasteiger partial charge on any atom is -0.477 e. The number of carboxylic acids is 1. The predicted molar refractivity (Wildman–Crippen MR) is 124 cm³/mol. The summed E-state index contributed by atoms with van der Waals surface area (Å²) >= 11 is 12.5. The molecule has 0 aliphatic heterocycles. The lowest BCUT2D eigenvalue weighted by Crippen LogP contribution is -2.32. The largest absolute Gasteiger partial charge is 0.477 e. The number of carbonyl (C=O) groups excluding carboxylic acids is 1. The standard InChI is InChI=1S/C24H18Cl2N2O3/c25-16-12-17(26)20-18(13-16)27-22(24(30)31)21(20)28-19(11-14-7-3-1-4-8-14)23(29)15-9-5-2-6-10-15/h1-10,12-13,19,27-28H,11H2,(H,30,31). The molecule has 0 bridgehead atoms. The Kier molecular flexibility index (Phi) is 5.98. The summed E-state index contributed by atoms with van der Waals surface area (Å²) in [7, 11) is 0. The van der Waals surface area contributed by atoms with Crippen LogP contribution in [0.25, 0.3) is 10.9 Å². The first-order chi connectivity index (χ1) is 14.9. The topological polar surface area (TPSA) is 82.2 Å². The normalized spacial score (nSPS) is 11.9. The highest BCUT2D eigenvalue weighted by atomic mass is 35.5. The fourth-order valence-electron chi connectivity index (χ4n) is 3.59. The van der Waals surface area contributed by atoms with E-state index in [0.29, 0.717) is 32.9 Å². The van der Waals surface area contributed by atoms with Gasteiger partial charge >= 0.3 is 5.97 Å². The lowest BCUT2D eigenvalue weighted by molar-refractivity contribution is 0.0692. The monoisotopic (exact) mass is 452 g/mol. The highest BCUT2D eigenvalue weighted by Crippen LogP contribution is 2.37. The molecule has 0 saturated carbocycles. The fourth-order valence-corrected chi connectivity index (χ4v) is 4.18. The van der Waals surface area contributed by atoms with Gasteiger partial charge < -0.3 is 15.4 Å². The number of H-pyrrole nitrogens is 1. The van der Waals surface area contributed by atoms with E-state index < -0.39 is 12.0 Å². The molecule has 0 fully saturated rings. The summed E-state index contributed by atoms with van der Waals surface area (Å²) in [6, 6.07) is 20.9. The van der Waals surface area contributed by atoms with Gasteiger partial charge in [0.2, 0.25) is 0 Å². The molecular weight excluding hydrogens is 435 g/mol. The van der Waals surface area contributed by atoms with Gasteiger partial charge in [-0.25, -0.2) is 4.79 Å². The van der Waals surface area contributed by atoms with E-state index in [9.17, 15) is 14.7 Å². The van der Waals surface area contributed by atoms with E-state index in [-0.39, 0.29) is 17.2 Å². The molecule has 0 radical (unpaired) electrons. The van der Waals surface area contributed by atoms with Crippen LogP contribution in [0.5, 0.6) is 0 Å². The predicted octanol–water partition coefficient (Wildman–Crippen LogP) is 6.08. The van der Waals surface area contributed by atoms with E-state index in [2.05, 4.69) is 10.3 Å². The number of ketones is 1. The highest BCUT2D eigenvalue weighted by molar-refractivity contribution is 6.40. The molecule has 0 amide bonds. The summed E-state index contributed by atoms with van der Waals surface area (Å²) in [5, 5.41) is 14.1. The minimum atomic E-state index is -1.17. The Morgan fingerprint density at radius 1 is 0.968 bits per heavy atom. The first-order valence-electron chi connectivity index (χ1n) is 9.58. The molecule has 0 spiro atoms. The van der Waals surface area contributed by atoms with Crippen molar-refractivity contribution in [3.05, 3.63) is 99.7 Å². The number of fused-ring (bicyclic) bond motifs is 1. The van der Waals surface area contributed by atoms with Crippen molar-refractivity contribution in [2.24, 2.45) is 0 Å². The van der Waals surface area contributed by atoms with Crippen LogP contribution in [0.1, 0.15) is 26.4 Å². The van der Waals surface area contributed by atoms with Crippen molar-refractivity contribution in [1.29, 1.82) is 0 Å². The van der Waals surface area contributed by atoms with Gasteiger partial charge in [0.05, 0.1) is 22.3 Å². The lowest BCUT2D eigenvalue weighted by atomic mass is 9.97. The molecule has 5 nitrogen and oxygen atoms in total. The summed E-state index contributed by atoms with van der Waals surface area (Å²) in [6.07, 6.45) is 0.367. The Morgan fingerprint density at radius 2 is 1.61 bits per heavy atom. The fraction of sp³-hybridized carbons (Fsp3) is 0.0833. The Balaban J connectivity index is 1.81. The van der Waals surface area contributed by atoms with E-state index in [0.717, 1.165) is 5.56 Å². The number of nitrogens with one attached hydrogen (secondary N) is 2. The number of Topliss-reactive ketones (excluding diaryl/α,β-unsaturated/α-hetero) is 1. The molecule has 31 heavy (non-hydrogen) atoms. The second-order valence-electron chi connectivity index (χ2n) is 7.11. The van der Waals surface area contributed by atoms with E-state index in [1.165, 1.54) is 0 Å². The molecular formula is C24H18Cl2N2O3. The van der Waals surface area contributed by atoms with Gasteiger partial charge in [-0.15, -0.1) is 0 Å². The zero-order chi connectivity index (χ0) is 22.0. The molecule has 0 aliphatic carbocycles. The molecule has 1 atom stereocenters. The highest BCUT2D eigenvalue weighted by Gasteiger charge is 2.26. The molecule has 3 aromatic carbocycles. The van der Waals surface area contributed by atoms with Crippen molar-refractivity contribution in [3.8, 4) is 0 Å². The number of anilines is 1. The molecule has 1 unspecified atom stereocenters. The Bertz CT molecular complexity index is 1250. The summed E-state index contributed by atoms with van der Waals surface area (Å²) < 4.78 is 0. The van der Waals surface area contributed by atoms with Gasteiger partial charge in [-0.1, -0.05) is 83.9 Å². The molecule has 1 heterocycles. The van der Waals surface area contributed by atoms with Crippen molar-refractivity contribution < 1.29 is 14.7 Å². The first-order valence-corrected chi connectivity index (χ1v) is 10.3. The van der Waals surface area contributed by atoms with Gasteiger partial charge in [-0.3, -0.25) is 4.79 Å². The minimum absolute atomic E-state index is 0.0851. The Hall–Kier alpha value is -3.28. The SMILES string of the molecule is O=C(O)c1[nH]c2cc(Cl)cc(Cl)c2c1NC(Cc1ccccc1)C(=O)c1ccccc1. The number of aromatic carboxylic acids is 1. The van der Waals surface area contributed by atoms with Crippen LogP contribution < -0.4 is 5.32 Å². The summed E-state index contributed by atoms with van der Waals surface area (Å²) in [4.78, 5) is 28.1. The number of carbonyl (C=O) groups is 2. The number of benzene rings is 3. The number of aromatic nitrogens is 1. The van der Waals surface area contributed by atoms with Gasteiger partial charge in [0.1, 0.15) is 5.69 Å². The Morgan fingerprint density at radius 3 is 2.26 bits per heavy atom. The molecule has 7 heteroatoms. The summed E-state index contributed by atoms with van der Waals surface area (Å²) in [5.41, 5.74) is 2.12. The number of halogens is 2. The maximum absolute atomic E-state index is 13.4. The number of hydrogen-bond acceptors (Lipinski definition) is 3. The van der Waals surface area contributed by atoms with Crippen LogP contribution >= 0.6 is 23.2 Å². The van der Waals surface area contributed by atoms with Gasteiger partial charge in [0, 0.05) is 22.4 Å². The third-order valence-corrected chi connectivity index (χ3v) is 5.52. The molecule has 4 aromatic rings. The Labute approximate surface area is 188 Å². The van der Waals surface area contributed by atoms with Gasteiger partial charge in [-0.2, -0.15) is 0 Å². The zero-order valence-electron chi connectivity index (χ0n) is 16.2. The van der Waals surface area contributed by atoms with Crippen LogP contribution in [0, 0.1) is 0 Å². The first kappa shape index (κ1) is 21.0. The van der Waals surface area contributed by atoms with E-state index in [1.54, 1.807) is 36.4 Å². The number of rotatable bonds is 7. The molecule has 1 aromatic heterocycles. The number of hydrogen-bond donors (Lipinski definition) is 3. The quantitative estimate of drug-likeness (QED) is 0.296. The summed E-state index contributed by atoms with van der Waals surface area (Å²) in [6.45, 7) is 0. The molecule has 3 N–H and O–H groups in total. The van der Waals surface area contributed by atoms with Crippen LogP contribution in [-0.4, -0.2) is 27.9 Å². The second-order valence-corrected chi connectivity index (χ2v) is 7.95. The maximum atomic E-state index is 13.4. The van der Waals surface area contributed by atoms with Crippen LogP contribution in [0.2, 0.25) is 10.0 Å². The van der Waals surface area contributed by atoms with Gasteiger partial charge in [-0.05, 0) is 17.7 Å². The van der Waals surface area contributed by atoms with E-state index >= 15 is 0 Å². The molecule has 4 rings (SSSR count). The van der Waals surface area contributed by atoms with Crippen molar-refractivity contribution in [1.82, 2.24) is 4.98 Å². The molecule has 0 saturated heterocycles.